The van der Waals surface area contributed by atoms with Gasteiger partial charge < -0.3 is 9.84 Å². The largest absolute Gasteiger partial charge is 0.491 e. The highest BCUT2D eigenvalue weighted by Gasteiger charge is 2.17. The predicted molar refractivity (Wildman–Crippen MR) is 131 cm³/mol. The maximum atomic E-state index is 12.9. The molecule has 2 aromatic heterocycles. The molecule has 0 aliphatic carbocycles. The van der Waals surface area contributed by atoms with Gasteiger partial charge in [0.2, 0.25) is 5.78 Å². The lowest BCUT2D eigenvalue weighted by Crippen LogP contribution is -2.23. The molecule has 8 heteroatoms. The van der Waals surface area contributed by atoms with E-state index in [1.807, 2.05) is 72.0 Å². The number of ether oxygens (including phenoxy) is 1. The molecule has 0 aliphatic heterocycles. The Hall–Kier alpha value is -3.36. The zero-order valence-corrected chi connectivity index (χ0v) is 19.0. The quantitative estimate of drug-likeness (QED) is 0.351. The average molecular weight is 461 g/mol. The summed E-state index contributed by atoms with van der Waals surface area (Å²) in [6, 6.07) is 21.4. The Morgan fingerprint density at radius 3 is 2.67 bits per heavy atom. The van der Waals surface area contributed by atoms with E-state index < -0.39 is 6.10 Å². The van der Waals surface area contributed by atoms with Crippen molar-refractivity contribution in [3.8, 4) is 5.75 Å². The highest BCUT2D eigenvalue weighted by atomic mass is 32.2. The first-order chi connectivity index (χ1) is 16.2. The Labute approximate surface area is 194 Å². The molecule has 2 heterocycles. The molecule has 1 N–H and O–H groups in total. The SMILES string of the molecule is CCCn1c(=O)c2ccccc2n2c(SCC(O)COc3ccc4ccccc4c3)nnc12. The van der Waals surface area contributed by atoms with Crippen molar-refractivity contribution in [1.82, 2.24) is 19.2 Å². The third kappa shape index (κ3) is 4.19. The van der Waals surface area contributed by atoms with Gasteiger partial charge in [0, 0.05) is 12.3 Å². The zero-order valence-electron chi connectivity index (χ0n) is 18.2. The van der Waals surface area contributed by atoms with Crippen molar-refractivity contribution in [2.75, 3.05) is 12.4 Å². The molecule has 0 saturated heterocycles. The number of hydrogen-bond donors (Lipinski definition) is 1. The van der Waals surface area contributed by atoms with E-state index in [4.69, 9.17) is 4.74 Å². The van der Waals surface area contributed by atoms with Gasteiger partial charge in [0.1, 0.15) is 12.4 Å². The second kappa shape index (κ2) is 9.25. The Kier molecular flexibility index (Phi) is 6.02. The van der Waals surface area contributed by atoms with Crippen LogP contribution in [-0.4, -0.2) is 42.7 Å². The molecule has 0 spiro atoms. The highest BCUT2D eigenvalue weighted by molar-refractivity contribution is 7.99. The van der Waals surface area contributed by atoms with Gasteiger partial charge in [-0.3, -0.25) is 13.8 Å². The molecule has 0 aliphatic rings. The topological polar surface area (TPSA) is 81.7 Å². The number of rotatable bonds is 8. The molecule has 1 unspecified atom stereocenters. The summed E-state index contributed by atoms with van der Waals surface area (Å²) in [5.41, 5.74) is 0.701. The van der Waals surface area contributed by atoms with Gasteiger partial charge in [-0.2, -0.15) is 0 Å². The smallest absolute Gasteiger partial charge is 0.262 e. The van der Waals surface area contributed by atoms with Crippen LogP contribution in [0.25, 0.3) is 27.5 Å². The Bertz CT molecular complexity index is 1490. The van der Waals surface area contributed by atoms with Crippen LogP contribution in [0, 0.1) is 0 Å². The summed E-state index contributed by atoms with van der Waals surface area (Å²) in [6.45, 7) is 2.76. The van der Waals surface area contributed by atoms with Crippen LogP contribution in [0.2, 0.25) is 0 Å². The minimum atomic E-state index is -0.693. The van der Waals surface area contributed by atoms with Gasteiger partial charge in [0.25, 0.3) is 5.56 Å². The van der Waals surface area contributed by atoms with Crippen LogP contribution in [0.3, 0.4) is 0 Å². The molecule has 168 valence electrons. The number of para-hydroxylation sites is 1. The first-order valence-electron chi connectivity index (χ1n) is 10.9. The van der Waals surface area contributed by atoms with Gasteiger partial charge in [-0.05, 0) is 41.5 Å². The fourth-order valence-electron chi connectivity index (χ4n) is 3.92. The van der Waals surface area contributed by atoms with Crippen LogP contribution in [0.15, 0.2) is 76.7 Å². The number of benzene rings is 3. The number of fused-ring (bicyclic) bond motifs is 4. The van der Waals surface area contributed by atoms with Crippen molar-refractivity contribution in [2.24, 2.45) is 0 Å². The fourth-order valence-corrected chi connectivity index (χ4v) is 4.77. The van der Waals surface area contributed by atoms with Crippen LogP contribution in [0.1, 0.15) is 13.3 Å². The lowest BCUT2D eigenvalue weighted by molar-refractivity contribution is 0.126. The molecular weight excluding hydrogens is 436 g/mol. The minimum absolute atomic E-state index is 0.0623. The number of thioether (sulfide) groups is 1. The number of nitrogens with zero attached hydrogens (tertiary/aromatic N) is 4. The van der Waals surface area contributed by atoms with Crippen LogP contribution >= 0.6 is 11.8 Å². The van der Waals surface area contributed by atoms with E-state index in [0.717, 1.165) is 28.5 Å². The van der Waals surface area contributed by atoms with Crippen molar-refractivity contribution in [1.29, 1.82) is 0 Å². The van der Waals surface area contributed by atoms with Crippen molar-refractivity contribution in [3.05, 3.63) is 77.1 Å². The summed E-state index contributed by atoms with van der Waals surface area (Å²) in [5.74, 6) is 1.63. The maximum Gasteiger partial charge on any atom is 0.262 e. The van der Waals surface area contributed by atoms with E-state index >= 15 is 0 Å². The van der Waals surface area contributed by atoms with Crippen LogP contribution < -0.4 is 10.3 Å². The molecule has 7 nitrogen and oxygen atoms in total. The summed E-state index contributed by atoms with van der Waals surface area (Å²) in [7, 11) is 0. The predicted octanol–water partition coefficient (Wildman–Crippen LogP) is 4.14. The molecule has 0 saturated carbocycles. The van der Waals surface area contributed by atoms with Crippen LogP contribution in [0.5, 0.6) is 5.75 Å². The van der Waals surface area contributed by atoms with E-state index in [0.29, 0.717) is 28.6 Å². The summed E-state index contributed by atoms with van der Waals surface area (Å²) in [4.78, 5) is 12.9. The first kappa shape index (κ1) is 21.5. The Morgan fingerprint density at radius 1 is 1.03 bits per heavy atom. The first-order valence-corrected chi connectivity index (χ1v) is 11.9. The molecule has 0 amide bonds. The molecule has 0 radical (unpaired) electrons. The van der Waals surface area contributed by atoms with Crippen molar-refractivity contribution >= 4 is 39.2 Å². The Morgan fingerprint density at radius 2 is 1.82 bits per heavy atom. The summed E-state index contributed by atoms with van der Waals surface area (Å²) in [5, 5.41) is 22.6. The van der Waals surface area contributed by atoms with Gasteiger partial charge in [0.15, 0.2) is 5.16 Å². The molecule has 3 aromatic carbocycles. The summed E-state index contributed by atoms with van der Waals surface area (Å²) < 4.78 is 9.38. The van der Waals surface area contributed by atoms with Gasteiger partial charge in [-0.25, -0.2) is 0 Å². The van der Waals surface area contributed by atoms with E-state index in [9.17, 15) is 9.90 Å². The van der Waals surface area contributed by atoms with Gasteiger partial charge in [-0.1, -0.05) is 61.2 Å². The lowest BCUT2D eigenvalue weighted by atomic mass is 10.1. The van der Waals surface area contributed by atoms with Gasteiger partial charge in [-0.15, -0.1) is 10.2 Å². The van der Waals surface area contributed by atoms with E-state index in [2.05, 4.69) is 16.3 Å². The average Bonchev–Trinajstić information content (AvgIpc) is 3.28. The molecular formula is C25H24N4O3S. The second-order valence-corrected chi connectivity index (χ2v) is 8.86. The normalized spacial score (nSPS) is 12.5. The van der Waals surface area contributed by atoms with Crippen molar-refractivity contribution in [3.63, 3.8) is 0 Å². The molecule has 1 atom stereocenters. The monoisotopic (exact) mass is 460 g/mol. The molecule has 0 bridgehead atoms. The van der Waals surface area contributed by atoms with Crippen LogP contribution in [0.4, 0.5) is 0 Å². The third-order valence-electron chi connectivity index (χ3n) is 5.49. The van der Waals surface area contributed by atoms with Gasteiger partial charge in [0.05, 0.1) is 17.0 Å². The lowest BCUT2D eigenvalue weighted by Gasteiger charge is -2.13. The molecule has 0 fully saturated rings. The molecule has 33 heavy (non-hydrogen) atoms. The Balaban J connectivity index is 1.34. The standard InChI is InChI=1S/C25H24N4O3S/c1-2-13-28-23(31)21-9-5-6-10-22(21)29-24(28)26-27-25(29)33-16-19(30)15-32-20-12-11-17-7-3-4-8-18(17)14-20/h3-12,14,19,30H,2,13,15-16H2,1H3. The van der Waals surface area contributed by atoms with Crippen LogP contribution in [-0.2, 0) is 6.54 Å². The number of aromatic nitrogens is 4. The third-order valence-corrected chi connectivity index (χ3v) is 6.57. The molecule has 5 rings (SSSR count). The fraction of sp³-hybridized carbons (Fsp3) is 0.240. The maximum absolute atomic E-state index is 12.9. The highest BCUT2D eigenvalue weighted by Crippen LogP contribution is 2.24. The van der Waals surface area contributed by atoms with E-state index in [-0.39, 0.29) is 12.2 Å². The van der Waals surface area contributed by atoms with E-state index in [1.54, 1.807) is 4.57 Å². The number of aliphatic hydroxyl groups excluding tert-OH is 1. The summed E-state index contributed by atoms with van der Waals surface area (Å²) in [6.07, 6.45) is 0.121. The number of aliphatic hydroxyl groups is 1. The van der Waals surface area contributed by atoms with Crippen molar-refractivity contribution < 1.29 is 9.84 Å². The summed E-state index contributed by atoms with van der Waals surface area (Å²) >= 11 is 1.39. The minimum Gasteiger partial charge on any atom is -0.491 e. The van der Waals surface area contributed by atoms with Crippen molar-refractivity contribution in [2.45, 2.75) is 31.1 Å². The number of hydrogen-bond acceptors (Lipinski definition) is 6. The van der Waals surface area contributed by atoms with E-state index in [1.165, 1.54) is 11.8 Å². The van der Waals surface area contributed by atoms with Gasteiger partial charge >= 0.3 is 0 Å². The zero-order chi connectivity index (χ0) is 22.8. The second-order valence-electron chi connectivity index (χ2n) is 7.88. The molecule has 5 aromatic rings. The number of aryl methyl sites for hydroxylation is 1.